The molecule has 0 aliphatic heterocycles. The minimum absolute atomic E-state index is 0.0743. The van der Waals surface area contributed by atoms with E-state index in [1.165, 1.54) is 18.4 Å². The van der Waals surface area contributed by atoms with Gasteiger partial charge in [-0.25, -0.2) is 4.99 Å². The molecule has 0 saturated heterocycles. The molecule has 0 spiro atoms. The molecule has 0 aliphatic rings. The van der Waals surface area contributed by atoms with Gasteiger partial charge in [0.25, 0.3) is 0 Å². The molecule has 0 bridgehead atoms. The summed E-state index contributed by atoms with van der Waals surface area (Å²) in [6.07, 6.45) is 1.62. The van der Waals surface area contributed by atoms with Gasteiger partial charge >= 0.3 is 0 Å². The number of benzene rings is 2. The average Bonchev–Trinajstić information content (AvgIpc) is 3.02. The monoisotopic (exact) mass is 379 g/mol. The van der Waals surface area contributed by atoms with Crippen LogP contribution in [-0.4, -0.2) is 28.6 Å². The number of aromatic nitrogens is 2. The summed E-state index contributed by atoms with van der Waals surface area (Å²) in [7, 11) is 1.49. The molecule has 8 heteroatoms. The number of methoxy groups -OCH3 is 1. The third-order valence-electron chi connectivity index (χ3n) is 3.10. The van der Waals surface area contributed by atoms with Crippen molar-refractivity contribution >= 4 is 45.9 Å². The summed E-state index contributed by atoms with van der Waals surface area (Å²) in [4.78, 5) is 4.29. The number of aromatic hydroxyl groups is 1. The lowest BCUT2D eigenvalue weighted by atomic mass is 10.2. The minimum atomic E-state index is 0.0743. The van der Waals surface area contributed by atoms with E-state index in [-0.39, 0.29) is 5.75 Å². The van der Waals surface area contributed by atoms with Crippen molar-refractivity contribution < 1.29 is 9.84 Å². The minimum Gasteiger partial charge on any atom is -0.504 e. The normalized spacial score (nSPS) is 11.1. The molecule has 0 amide bonds. The molecule has 1 N–H and O–H groups in total. The summed E-state index contributed by atoms with van der Waals surface area (Å²) in [5, 5.41) is 19.9. The maximum atomic E-state index is 9.58. The van der Waals surface area contributed by atoms with E-state index in [0.29, 0.717) is 25.9 Å². The number of phenolic OH excluding ortho intramolecular Hbond substituents is 1. The lowest BCUT2D eigenvalue weighted by Gasteiger charge is -2.02. The third-order valence-corrected chi connectivity index (χ3v) is 4.52. The Bertz CT molecular complexity index is 912. The number of rotatable bonds is 4. The first-order valence-corrected chi connectivity index (χ1v) is 8.34. The molecular formula is C16H11Cl2N3O2S. The van der Waals surface area contributed by atoms with Crippen LogP contribution in [0.1, 0.15) is 5.56 Å². The number of nitrogens with zero attached hydrogens (tertiary/aromatic N) is 3. The summed E-state index contributed by atoms with van der Waals surface area (Å²) < 4.78 is 5.06. The Labute approximate surface area is 152 Å². The van der Waals surface area contributed by atoms with Crippen LogP contribution >= 0.6 is 34.5 Å². The summed E-state index contributed by atoms with van der Waals surface area (Å²) in [6.45, 7) is 0. The van der Waals surface area contributed by atoms with Gasteiger partial charge in [0, 0.05) is 16.8 Å². The van der Waals surface area contributed by atoms with Crippen molar-refractivity contribution in [1.82, 2.24) is 10.2 Å². The van der Waals surface area contributed by atoms with Crippen molar-refractivity contribution in [3.63, 3.8) is 0 Å². The Kier molecular flexibility index (Phi) is 4.99. The van der Waals surface area contributed by atoms with Crippen molar-refractivity contribution in [2.24, 2.45) is 4.99 Å². The van der Waals surface area contributed by atoms with Crippen LogP contribution in [0.5, 0.6) is 11.5 Å². The molecule has 0 atom stereocenters. The van der Waals surface area contributed by atoms with Crippen molar-refractivity contribution in [3.05, 3.63) is 52.0 Å². The molecule has 0 aliphatic carbocycles. The number of ether oxygens (including phenoxy) is 1. The van der Waals surface area contributed by atoms with Crippen LogP contribution in [0.2, 0.25) is 10.0 Å². The van der Waals surface area contributed by atoms with Crippen LogP contribution in [0.25, 0.3) is 10.6 Å². The molecular weight excluding hydrogens is 369 g/mol. The molecule has 1 heterocycles. The zero-order valence-corrected chi connectivity index (χ0v) is 14.7. The van der Waals surface area contributed by atoms with E-state index in [1.54, 1.807) is 42.6 Å². The second-order valence-corrected chi connectivity index (χ2v) is 6.50. The van der Waals surface area contributed by atoms with Crippen LogP contribution in [0.3, 0.4) is 0 Å². The fraction of sp³-hybridized carbons (Fsp3) is 0.0625. The second-order valence-electron chi connectivity index (χ2n) is 4.70. The van der Waals surface area contributed by atoms with E-state index in [1.807, 2.05) is 0 Å². The van der Waals surface area contributed by atoms with Gasteiger partial charge in [0.15, 0.2) is 16.5 Å². The standard InChI is InChI=1S/C16H11Cl2N3O2S/c1-23-14-6-9(2-5-13(14)22)8-19-16-21-20-15(24-16)11-4-3-10(17)7-12(11)18/h2-8,22H,1H3/b19-8+. The maximum absolute atomic E-state index is 9.58. The lowest BCUT2D eigenvalue weighted by molar-refractivity contribution is 0.373. The van der Waals surface area contributed by atoms with Crippen molar-refractivity contribution in [2.75, 3.05) is 7.11 Å². The predicted octanol–water partition coefficient (Wildman–Crippen LogP) is 4.98. The smallest absolute Gasteiger partial charge is 0.231 e. The Morgan fingerprint density at radius 1 is 1.17 bits per heavy atom. The van der Waals surface area contributed by atoms with Crippen LogP contribution in [0, 0.1) is 0 Å². The van der Waals surface area contributed by atoms with Gasteiger partial charge in [-0.2, -0.15) is 0 Å². The SMILES string of the molecule is COc1cc(/C=N/c2nnc(-c3ccc(Cl)cc3Cl)s2)ccc1O. The number of aliphatic imine (C=N–C) groups is 1. The Balaban J connectivity index is 1.83. The maximum Gasteiger partial charge on any atom is 0.231 e. The van der Waals surface area contributed by atoms with Gasteiger partial charge in [-0.3, -0.25) is 0 Å². The number of hydrogen-bond acceptors (Lipinski definition) is 6. The topological polar surface area (TPSA) is 67.6 Å². The molecule has 122 valence electrons. The molecule has 3 aromatic rings. The van der Waals surface area contributed by atoms with Crippen molar-refractivity contribution in [3.8, 4) is 22.1 Å². The summed E-state index contributed by atoms with van der Waals surface area (Å²) >= 11 is 13.4. The van der Waals surface area contributed by atoms with Crippen molar-refractivity contribution in [1.29, 1.82) is 0 Å². The molecule has 0 saturated carbocycles. The van der Waals surface area contributed by atoms with Gasteiger partial charge in [0.05, 0.1) is 12.1 Å². The van der Waals surface area contributed by atoms with Crippen LogP contribution in [-0.2, 0) is 0 Å². The van der Waals surface area contributed by atoms with E-state index in [0.717, 1.165) is 11.1 Å². The number of halogens is 2. The highest BCUT2D eigenvalue weighted by Crippen LogP contribution is 2.34. The van der Waals surface area contributed by atoms with Crippen LogP contribution in [0.15, 0.2) is 41.4 Å². The number of phenols is 1. The third kappa shape index (κ3) is 3.67. The molecule has 1 aromatic heterocycles. The zero-order chi connectivity index (χ0) is 17.1. The van der Waals surface area contributed by atoms with Gasteiger partial charge in [0.2, 0.25) is 5.13 Å². The van der Waals surface area contributed by atoms with Gasteiger partial charge in [-0.1, -0.05) is 34.5 Å². The number of hydrogen-bond donors (Lipinski definition) is 1. The van der Waals surface area contributed by atoms with E-state index in [2.05, 4.69) is 15.2 Å². The second kappa shape index (κ2) is 7.17. The highest BCUT2D eigenvalue weighted by atomic mass is 35.5. The highest BCUT2D eigenvalue weighted by Gasteiger charge is 2.10. The summed E-state index contributed by atoms with van der Waals surface area (Å²) in [5.74, 6) is 0.454. The summed E-state index contributed by atoms with van der Waals surface area (Å²) in [5.41, 5.74) is 1.53. The van der Waals surface area contributed by atoms with E-state index >= 15 is 0 Å². The average molecular weight is 380 g/mol. The van der Waals surface area contributed by atoms with Crippen molar-refractivity contribution in [2.45, 2.75) is 0 Å². The van der Waals surface area contributed by atoms with E-state index < -0.39 is 0 Å². The van der Waals surface area contributed by atoms with Gasteiger partial charge in [0.1, 0.15) is 0 Å². The summed E-state index contributed by atoms with van der Waals surface area (Å²) in [6, 6.07) is 10.1. The van der Waals surface area contributed by atoms with Crippen LogP contribution < -0.4 is 4.74 Å². The quantitative estimate of drug-likeness (QED) is 0.649. The first-order valence-electron chi connectivity index (χ1n) is 6.77. The van der Waals surface area contributed by atoms with Gasteiger partial charge in [-0.05, 0) is 42.0 Å². The fourth-order valence-corrected chi connectivity index (χ4v) is 3.23. The molecule has 3 rings (SSSR count). The molecule has 0 unspecified atom stereocenters. The molecule has 5 nitrogen and oxygen atoms in total. The largest absolute Gasteiger partial charge is 0.504 e. The molecule has 0 radical (unpaired) electrons. The fourth-order valence-electron chi connectivity index (χ4n) is 1.94. The Hall–Kier alpha value is -2.15. The Morgan fingerprint density at radius 2 is 2.00 bits per heavy atom. The first-order chi connectivity index (χ1) is 11.6. The zero-order valence-electron chi connectivity index (χ0n) is 12.4. The molecule has 2 aromatic carbocycles. The lowest BCUT2D eigenvalue weighted by Crippen LogP contribution is -1.86. The van der Waals surface area contributed by atoms with Gasteiger partial charge < -0.3 is 9.84 Å². The van der Waals surface area contributed by atoms with Crippen LogP contribution in [0.4, 0.5) is 5.13 Å². The van der Waals surface area contributed by atoms with E-state index in [9.17, 15) is 5.11 Å². The van der Waals surface area contributed by atoms with E-state index in [4.69, 9.17) is 27.9 Å². The van der Waals surface area contributed by atoms with Gasteiger partial charge in [-0.15, -0.1) is 10.2 Å². The Morgan fingerprint density at radius 3 is 2.75 bits per heavy atom. The highest BCUT2D eigenvalue weighted by molar-refractivity contribution is 7.18. The molecule has 24 heavy (non-hydrogen) atoms. The predicted molar refractivity (Wildman–Crippen MR) is 97.3 cm³/mol. The first kappa shape index (κ1) is 16.7. The molecule has 0 fully saturated rings.